The molecule has 2 unspecified atom stereocenters. The van der Waals surface area contributed by atoms with Gasteiger partial charge in [-0.3, -0.25) is 8.37 Å². The molecule has 0 aliphatic heterocycles. The summed E-state index contributed by atoms with van der Waals surface area (Å²) in [5.41, 5.74) is 0. The molecule has 388 valence electrons. The minimum atomic E-state index is -4.58. The standard InChI is InChI=1S/2C27H56O4S.Ca/c2*1-3-5-7-9-11-13-14-15-17-19-21-23-25-27(26-31-32(28,29)30)24-22-20-18-16-12-10-8-6-4-2;/h2*27H,3-26H2,1-2H3,(H,28,29,30);/q;;+2/p-2. The molecule has 0 fully saturated rings. The van der Waals surface area contributed by atoms with E-state index in [1.807, 2.05) is 0 Å². The Morgan fingerprint density at radius 2 is 0.415 bits per heavy atom. The van der Waals surface area contributed by atoms with Gasteiger partial charge >= 0.3 is 37.7 Å². The van der Waals surface area contributed by atoms with Gasteiger partial charge < -0.3 is 9.11 Å². The molecular weight excluding hydrogens is 881 g/mol. The molecule has 8 nitrogen and oxygen atoms in total. The Balaban J connectivity index is -0.00000116. The molecule has 0 saturated heterocycles. The summed E-state index contributed by atoms with van der Waals surface area (Å²) in [7, 11) is -9.15. The van der Waals surface area contributed by atoms with E-state index in [9.17, 15) is 25.9 Å². The van der Waals surface area contributed by atoms with E-state index in [1.54, 1.807) is 0 Å². The third-order valence-corrected chi connectivity index (χ3v) is 14.1. The normalized spacial score (nSPS) is 12.8. The van der Waals surface area contributed by atoms with Crippen molar-refractivity contribution in [1.29, 1.82) is 0 Å². The molecule has 0 heterocycles. The Bertz CT molecular complexity index is 1020. The summed E-state index contributed by atoms with van der Waals surface area (Å²) in [4.78, 5) is 0. The summed E-state index contributed by atoms with van der Waals surface area (Å²) < 4.78 is 74.3. The second-order valence-corrected chi connectivity index (χ2v) is 21.8. The Labute approximate surface area is 437 Å². The Morgan fingerprint density at radius 3 is 0.554 bits per heavy atom. The van der Waals surface area contributed by atoms with Gasteiger partial charge in [-0.25, -0.2) is 16.8 Å². The van der Waals surface area contributed by atoms with Crippen LogP contribution in [0.25, 0.3) is 0 Å². The van der Waals surface area contributed by atoms with Crippen LogP contribution >= 0.6 is 0 Å². The van der Waals surface area contributed by atoms with Crippen LogP contribution in [0.2, 0.25) is 0 Å². The van der Waals surface area contributed by atoms with Crippen LogP contribution < -0.4 is 0 Å². The smallest absolute Gasteiger partial charge is 0.726 e. The molecule has 0 radical (unpaired) electrons. The van der Waals surface area contributed by atoms with Gasteiger partial charge in [0, 0.05) is 0 Å². The Kier molecular flexibility index (Phi) is 60.4. The van der Waals surface area contributed by atoms with Gasteiger partial charge in [-0.15, -0.1) is 0 Å². The quantitative estimate of drug-likeness (QED) is 0.0255. The first kappa shape index (κ1) is 70.3. The third kappa shape index (κ3) is 65.0. The van der Waals surface area contributed by atoms with E-state index in [0.717, 1.165) is 51.4 Å². The average Bonchev–Trinajstić information content (AvgIpc) is 3.26. The van der Waals surface area contributed by atoms with Crippen molar-refractivity contribution in [1.82, 2.24) is 0 Å². The van der Waals surface area contributed by atoms with Gasteiger partial charge in [-0.05, 0) is 37.5 Å². The molecule has 0 aromatic rings. The average molecular weight is 992 g/mol. The van der Waals surface area contributed by atoms with Gasteiger partial charge in [-0.1, -0.05) is 297 Å². The Hall–Kier alpha value is 1.000. The monoisotopic (exact) mass is 991 g/mol. The number of hydrogen-bond acceptors (Lipinski definition) is 8. The second kappa shape index (κ2) is 55.9. The molecule has 0 aliphatic rings. The fourth-order valence-electron chi connectivity index (χ4n) is 9.02. The summed E-state index contributed by atoms with van der Waals surface area (Å²) >= 11 is 0. The first-order valence-electron chi connectivity index (χ1n) is 28.2. The maximum atomic E-state index is 10.9. The van der Waals surface area contributed by atoms with E-state index >= 15 is 0 Å². The van der Waals surface area contributed by atoms with E-state index in [0.29, 0.717) is 0 Å². The Morgan fingerprint density at radius 1 is 0.277 bits per heavy atom. The molecule has 0 aliphatic carbocycles. The van der Waals surface area contributed by atoms with E-state index in [2.05, 4.69) is 36.1 Å². The van der Waals surface area contributed by atoms with Gasteiger partial charge in [-0.2, -0.15) is 0 Å². The van der Waals surface area contributed by atoms with Gasteiger partial charge in [0.25, 0.3) is 0 Å². The van der Waals surface area contributed by atoms with Crippen molar-refractivity contribution in [3.8, 4) is 0 Å². The minimum Gasteiger partial charge on any atom is -0.726 e. The summed E-state index contributed by atoms with van der Waals surface area (Å²) in [5.74, 6) is 0.401. The molecule has 2 atom stereocenters. The van der Waals surface area contributed by atoms with Gasteiger partial charge in [0.15, 0.2) is 0 Å². The number of unbranched alkanes of at least 4 members (excludes halogenated alkanes) is 38. The largest absolute Gasteiger partial charge is 2.00 e. The van der Waals surface area contributed by atoms with Gasteiger partial charge in [0.05, 0.1) is 13.2 Å². The molecule has 0 N–H and O–H groups in total. The van der Waals surface area contributed by atoms with Crippen LogP contribution in [0, 0.1) is 11.8 Å². The van der Waals surface area contributed by atoms with Crippen molar-refractivity contribution >= 4 is 58.5 Å². The van der Waals surface area contributed by atoms with Crippen molar-refractivity contribution in [2.45, 2.75) is 323 Å². The SMILES string of the molecule is CCCCCCCCCCCCCCC(CCCCCCCCCCC)COS(=O)(=O)[O-].CCCCCCCCCCCCCCC(CCCCCCCCCCC)COS(=O)(=O)[O-].[Ca+2]. The molecule has 65 heavy (non-hydrogen) atoms. The van der Waals surface area contributed by atoms with Gasteiger partial charge in [0.1, 0.15) is 0 Å². The molecule has 0 aromatic heterocycles. The predicted octanol–water partition coefficient (Wildman–Crippen LogP) is 17.8. The van der Waals surface area contributed by atoms with Gasteiger partial charge in [0.2, 0.25) is 20.8 Å². The molecule has 0 spiro atoms. The van der Waals surface area contributed by atoms with Crippen LogP contribution in [0.4, 0.5) is 0 Å². The molecule has 0 saturated carbocycles. The summed E-state index contributed by atoms with van der Waals surface area (Å²) in [5, 5.41) is 0. The third-order valence-electron chi connectivity index (χ3n) is 13.3. The maximum absolute atomic E-state index is 10.9. The molecule has 0 amide bonds. The number of rotatable bonds is 52. The topological polar surface area (TPSA) is 133 Å². The van der Waals surface area contributed by atoms with E-state index < -0.39 is 20.8 Å². The molecule has 11 heteroatoms. The van der Waals surface area contributed by atoms with Crippen LogP contribution in [-0.2, 0) is 29.2 Å². The summed E-state index contributed by atoms with van der Waals surface area (Å²) in [6, 6.07) is 0. The van der Waals surface area contributed by atoms with Crippen molar-refractivity contribution in [3.63, 3.8) is 0 Å². The van der Waals surface area contributed by atoms with E-state index in [4.69, 9.17) is 0 Å². The zero-order valence-corrected chi connectivity index (χ0v) is 47.7. The minimum absolute atomic E-state index is 0. The van der Waals surface area contributed by atoms with Crippen molar-refractivity contribution < 1.29 is 34.3 Å². The predicted molar refractivity (Wildman–Crippen MR) is 279 cm³/mol. The molecule has 0 bridgehead atoms. The van der Waals surface area contributed by atoms with Crippen LogP contribution in [0.1, 0.15) is 323 Å². The fraction of sp³-hybridized carbons (Fsp3) is 1.00. The van der Waals surface area contributed by atoms with E-state index in [1.165, 1.54) is 244 Å². The zero-order chi connectivity index (χ0) is 47.5. The zero-order valence-electron chi connectivity index (χ0n) is 43.9. The second-order valence-electron chi connectivity index (χ2n) is 19.7. The summed E-state index contributed by atoms with van der Waals surface area (Å²) in [6.07, 6.45) is 58.8. The van der Waals surface area contributed by atoms with Crippen molar-refractivity contribution in [2.75, 3.05) is 13.2 Å². The van der Waals surface area contributed by atoms with Crippen molar-refractivity contribution in [2.24, 2.45) is 11.8 Å². The van der Waals surface area contributed by atoms with Crippen LogP contribution in [0.15, 0.2) is 0 Å². The van der Waals surface area contributed by atoms with Crippen LogP contribution in [0.3, 0.4) is 0 Å². The first-order chi connectivity index (χ1) is 31.0. The fourth-order valence-corrected chi connectivity index (χ4v) is 9.73. The number of hydrogen-bond donors (Lipinski definition) is 0. The maximum Gasteiger partial charge on any atom is 2.00 e. The van der Waals surface area contributed by atoms with E-state index in [-0.39, 0.29) is 62.8 Å². The first-order valence-corrected chi connectivity index (χ1v) is 30.9. The van der Waals surface area contributed by atoms with Crippen molar-refractivity contribution in [3.05, 3.63) is 0 Å². The van der Waals surface area contributed by atoms with Crippen LogP contribution in [0.5, 0.6) is 0 Å². The van der Waals surface area contributed by atoms with Crippen LogP contribution in [-0.4, -0.2) is 76.9 Å². The molecular formula is C54H110CaO8S2. The molecule has 0 rings (SSSR count). The molecule has 0 aromatic carbocycles. The summed E-state index contributed by atoms with van der Waals surface area (Å²) in [6.45, 7) is 9.16.